The number of hydrogen-bond donors (Lipinski definition) is 0. The maximum Gasteiger partial charge on any atom is 0.252 e. The Morgan fingerprint density at radius 1 is 0.378 bits per heavy atom. The van der Waals surface area contributed by atoms with E-state index < -0.39 is 0 Å². The highest BCUT2D eigenvalue weighted by Crippen LogP contribution is 2.68. The first-order valence-electron chi connectivity index (χ1n) is 31.3. The van der Waals surface area contributed by atoms with Crippen LogP contribution in [0.2, 0.25) is 0 Å². The standard InChI is InChI=1S/C78H86BN3/c1-71(2,3)54-34-37-64(59(44-54)51-28-18-15-19-29-51)80-66-39-36-56(73(7,8)9)47-62(66)79-63-48-57(74(10,11)12)46-61-70(63)82(76(14)41-25-27-43-78(61,76)53-32-22-17-23-33-53)68-50-58(49-67(80)69(68)79)81-65-38-35-55(72(4,5)6)45-60(65)77(52-30-20-16-21-31-52)42-26-24-40-75(77,81)13/h15-23,28-39,44-50H,24-27,40-43H2,1-14H3. The van der Waals surface area contributed by atoms with Gasteiger partial charge in [0.2, 0.25) is 0 Å². The summed E-state index contributed by atoms with van der Waals surface area (Å²) in [6.45, 7) is 34.1. The Morgan fingerprint density at radius 2 is 0.829 bits per heavy atom. The molecule has 416 valence electrons. The van der Waals surface area contributed by atoms with Gasteiger partial charge in [-0.2, -0.15) is 0 Å². The molecule has 4 heteroatoms. The second-order valence-corrected chi connectivity index (χ2v) is 30.4. The van der Waals surface area contributed by atoms with E-state index >= 15 is 0 Å². The van der Waals surface area contributed by atoms with Crippen molar-refractivity contribution < 1.29 is 0 Å². The lowest BCUT2D eigenvalue weighted by atomic mass is 9.33. The van der Waals surface area contributed by atoms with Crippen LogP contribution < -0.4 is 31.1 Å². The second-order valence-electron chi connectivity index (χ2n) is 30.4. The summed E-state index contributed by atoms with van der Waals surface area (Å²) in [6.07, 6.45) is 9.20. The summed E-state index contributed by atoms with van der Waals surface area (Å²) in [4.78, 5) is 8.67. The molecule has 2 saturated carbocycles. The Kier molecular flexibility index (Phi) is 11.6. The van der Waals surface area contributed by atoms with Crippen molar-refractivity contribution in [1.82, 2.24) is 0 Å². The number of hydrogen-bond acceptors (Lipinski definition) is 3. The zero-order valence-electron chi connectivity index (χ0n) is 51.7. The third-order valence-corrected chi connectivity index (χ3v) is 21.6. The average molecular weight is 1080 g/mol. The molecule has 0 N–H and O–H groups in total. The minimum atomic E-state index is -0.277. The second kappa shape index (κ2) is 17.9. The van der Waals surface area contributed by atoms with Gasteiger partial charge in [0.25, 0.3) is 6.71 Å². The predicted octanol–water partition coefficient (Wildman–Crippen LogP) is 18.7. The molecule has 2 fully saturated rings. The molecule has 4 aliphatic heterocycles. The monoisotopic (exact) mass is 1080 g/mol. The highest BCUT2D eigenvalue weighted by molar-refractivity contribution is 7.00. The smallest absolute Gasteiger partial charge is 0.252 e. The van der Waals surface area contributed by atoms with E-state index in [2.05, 4.69) is 281 Å². The first kappa shape index (κ1) is 53.2. The Morgan fingerprint density at radius 3 is 1.40 bits per heavy atom. The fourth-order valence-electron chi connectivity index (χ4n) is 17.3. The molecule has 0 bridgehead atoms. The minimum Gasteiger partial charge on any atom is -0.335 e. The summed E-state index contributed by atoms with van der Waals surface area (Å²) in [7, 11) is 0. The highest BCUT2D eigenvalue weighted by Gasteiger charge is 2.66. The molecule has 0 amide bonds. The van der Waals surface area contributed by atoms with Crippen LogP contribution in [0, 0.1) is 0 Å². The fraction of sp³-hybridized carbons (Fsp3) is 0.385. The van der Waals surface area contributed by atoms with Crippen molar-refractivity contribution in [2.75, 3.05) is 14.7 Å². The first-order chi connectivity index (χ1) is 38.9. The Bertz CT molecular complexity index is 3870. The van der Waals surface area contributed by atoms with Gasteiger partial charge in [0.15, 0.2) is 0 Å². The molecule has 4 heterocycles. The van der Waals surface area contributed by atoms with Crippen molar-refractivity contribution in [2.45, 2.75) is 192 Å². The van der Waals surface area contributed by atoms with E-state index in [9.17, 15) is 0 Å². The van der Waals surface area contributed by atoms with Gasteiger partial charge >= 0.3 is 0 Å². The number of nitrogens with zero attached hydrogens (tertiary/aromatic N) is 3. The van der Waals surface area contributed by atoms with Crippen molar-refractivity contribution in [3.63, 3.8) is 0 Å². The molecule has 2 aliphatic carbocycles. The normalized spacial score (nSPS) is 23.4. The third-order valence-electron chi connectivity index (χ3n) is 21.6. The molecular weight excluding hydrogens is 990 g/mol. The molecule has 6 aliphatic rings. The predicted molar refractivity (Wildman–Crippen MR) is 351 cm³/mol. The van der Waals surface area contributed by atoms with Crippen LogP contribution in [0.3, 0.4) is 0 Å². The van der Waals surface area contributed by atoms with Crippen LogP contribution >= 0.6 is 0 Å². The number of benzene rings is 8. The summed E-state index contributed by atoms with van der Waals surface area (Å²) in [5.41, 5.74) is 26.3. The van der Waals surface area contributed by atoms with Gasteiger partial charge in [-0.25, -0.2) is 0 Å². The van der Waals surface area contributed by atoms with E-state index in [1.807, 2.05) is 0 Å². The number of rotatable bonds is 5. The van der Waals surface area contributed by atoms with Crippen LogP contribution in [0.15, 0.2) is 170 Å². The molecule has 0 saturated heterocycles. The van der Waals surface area contributed by atoms with Crippen LogP contribution in [0.1, 0.15) is 193 Å². The van der Waals surface area contributed by atoms with Crippen molar-refractivity contribution in [1.29, 1.82) is 0 Å². The van der Waals surface area contributed by atoms with Crippen molar-refractivity contribution in [3.8, 4) is 11.1 Å². The molecule has 4 unspecified atom stereocenters. The SMILES string of the molecule is CC(C)(C)c1ccc2c(c1)B1c3cc(C(C)(C)C)cc4c3N(c3cc(N5c6ccc(C(C)(C)C)cc6C6(c7ccccc7)CCCCC56C)cc(c31)N2c1ccc(C(C)(C)C)cc1-c1ccccc1)C1(C)CCCCC41c1ccccc1. The van der Waals surface area contributed by atoms with Crippen molar-refractivity contribution in [2.24, 2.45) is 0 Å². The molecule has 82 heavy (non-hydrogen) atoms. The zero-order valence-corrected chi connectivity index (χ0v) is 51.7. The van der Waals surface area contributed by atoms with E-state index in [0.29, 0.717) is 0 Å². The van der Waals surface area contributed by atoms with Crippen LogP contribution in [-0.4, -0.2) is 17.8 Å². The Balaban J connectivity index is 1.16. The van der Waals surface area contributed by atoms with Crippen LogP contribution in [0.25, 0.3) is 11.1 Å². The van der Waals surface area contributed by atoms with Gasteiger partial charge in [-0.3, -0.25) is 0 Å². The van der Waals surface area contributed by atoms with E-state index in [1.165, 1.54) is 138 Å². The quantitative estimate of drug-likeness (QED) is 0.159. The third kappa shape index (κ3) is 7.33. The highest BCUT2D eigenvalue weighted by atomic mass is 15.3. The van der Waals surface area contributed by atoms with E-state index in [-0.39, 0.29) is 50.3 Å². The summed E-state index contributed by atoms with van der Waals surface area (Å²) in [5.74, 6) is 0. The maximum atomic E-state index is 3.00. The fourth-order valence-corrected chi connectivity index (χ4v) is 17.3. The Hall–Kier alpha value is -6.78. The molecule has 3 nitrogen and oxygen atoms in total. The van der Waals surface area contributed by atoms with Gasteiger partial charge in [0, 0.05) is 50.5 Å². The van der Waals surface area contributed by atoms with Gasteiger partial charge in [-0.05, 0) is 164 Å². The van der Waals surface area contributed by atoms with E-state index in [1.54, 1.807) is 0 Å². The van der Waals surface area contributed by atoms with Gasteiger partial charge in [0.1, 0.15) is 0 Å². The van der Waals surface area contributed by atoms with Crippen molar-refractivity contribution in [3.05, 3.63) is 214 Å². The summed E-state index contributed by atoms with van der Waals surface area (Å²) in [5, 5.41) is 0. The zero-order chi connectivity index (χ0) is 57.3. The lowest BCUT2D eigenvalue weighted by molar-refractivity contribution is 0.214. The molecule has 0 spiro atoms. The molecule has 0 aromatic heterocycles. The lowest BCUT2D eigenvalue weighted by Gasteiger charge is -2.55. The van der Waals surface area contributed by atoms with Crippen LogP contribution in [0.5, 0.6) is 0 Å². The lowest BCUT2D eigenvalue weighted by Crippen LogP contribution is -2.65. The number of fused-ring (bicyclic) bond motifs is 10. The summed E-state index contributed by atoms with van der Waals surface area (Å²) >= 11 is 0. The molecular formula is C78H86BN3. The minimum absolute atomic E-state index is 0.00938. The molecule has 14 rings (SSSR count). The molecule has 8 aromatic carbocycles. The summed E-state index contributed by atoms with van der Waals surface area (Å²) < 4.78 is 0. The van der Waals surface area contributed by atoms with Gasteiger partial charge < -0.3 is 14.7 Å². The molecule has 4 atom stereocenters. The van der Waals surface area contributed by atoms with Crippen LogP contribution in [0.4, 0.5) is 39.8 Å². The van der Waals surface area contributed by atoms with E-state index in [0.717, 1.165) is 25.7 Å². The van der Waals surface area contributed by atoms with Crippen LogP contribution in [-0.2, 0) is 32.5 Å². The van der Waals surface area contributed by atoms with Crippen molar-refractivity contribution >= 4 is 62.9 Å². The average Bonchev–Trinajstić information content (AvgIpc) is 1.51. The van der Waals surface area contributed by atoms with E-state index in [4.69, 9.17) is 0 Å². The molecule has 8 aromatic rings. The Labute approximate surface area is 492 Å². The maximum absolute atomic E-state index is 3.00. The molecule has 0 radical (unpaired) electrons. The summed E-state index contributed by atoms with van der Waals surface area (Å²) in [6, 6.07) is 68.4. The van der Waals surface area contributed by atoms with Gasteiger partial charge in [-0.1, -0.05) is 242 Å². The number of anilines is 7. The van der Waals surface area contributed by atoms with Gasteiger partial charge in [0.05, 0.1) is 16.8 Å². The first-order valence-corrected chi connectivity index (χ1v) is 31.3. The topological polar surface area (TPSA) is 9.72 Å². The largest absolute Gasteiger partial charge is 0.335 e. The van der Waals surface area contributed by atoms with Gasteiger partial charge in [-0.15, -0.1) is 0 Å².